The minimum absolute atomic E-state index is 0.165. The van der Waals surface area contributed by atoms with Crippen LogP contribution in [0.4, 0.5) is 4.79 Å². The van der Waals surface area contributed by atoms with Gasteiger partial charge < -0.3 is 0 Å². The second-order valence-corrected chi connectivity index (χ2v) is 8.29. The molecule has 0 saturated carbocycles. The average Bonchev–Trinajstić information content (AvgIpc) is 1.98. The number of carbonyl (C=O) groups is 1. The van der Waals surface area contributed by atoms with Gasteiger partial charge in [0.2, 0.25) is 0 Å². The lowest BCUT2D eigenvalue weighted by Crippen LogP contribution is -2.22. The van der Waals surface area contributed by atoms with Crippen LogP contribution >= 0.6 is 46.8 Å². The quantitative estimate of drug-likeness (QED) is 0.254. The smallest absolute Gasteiger partial charge is 0.298 e. The Hall–Kier alpha value is 0.160. The molecule has 0 unspecified atom stereocenters. The molecule has 0 fully saturated rings. The summed E-state index contributed by atoms with van der Waals surface area (Å²) in [5, 5.41) is 3.53. The van der Waals surface area contributed by atoms with Crippen LogP contribution in [0, 0.1) is 5.41 Å². The molecule has 0 N–H and O–H groups in total. The van der Waals surface area contributed by atoms with Crippen LogP contribution in [0.2, 0.25) is 0 Å². The van der Waals surface area contributed by atoms with Crippen molar-refractivity contribution in [2.24, 2.45) is 10.6 Å². The molecule has 0 spiro atoms. The molecule has 0 radical (unpaired) electrons. The molecule has 8 heteroatoms. The Morgan fingerprint density at radius 1 is 1.38 bits per heavy atom. The molecule has 0 aromatic heterocycles. The number of hydrogen-bond donors (Lipinski definition) is 0. The van der Waals surface area contributed by atoms with Gasteiger partial charge in [-0.1, -0.05) is 60.7 Å². The lowest BCUT2D eigenvalue weighted by Gasteiger charge is -2.18. The van der Waals surface area contributed by atoms with E-state index in [4.69, 9.17) is 34.8 Å². The fourth-order valence-corrected chi connectivity index (χ4v) is 1.83. The van der Waals surface area contributed by atoms with E-state index >= 15 is 0 Å². The number of alkyl halides is 3. The molecular formula is C8H13Cl3N2O2S. The normalized spacial score (nSPS) is 12.9. The predicted molar refractivity (Wildman–Crippen MR) is 70.1 cm³/mol. The molecule has 1 amide bonds. The van der Waals surface area contributed by atoms with Gasteiger partial charge in [-0.15, -0.1) is 0 Å². The van der Waals surface area contributed by atoms with Crippen LogP contribution in [0.1, 0.15) is 20.8 Å². The maximum atomic E-state index is 11.3. The van der Waals surface area contributed by atoms with E-state index in [0.29, 0.717) is 11.9 Å². The van der Waals surface area contributed by atoms with Crippen molar-refractivity contribution in [3.05, 3.63) is 0 Å². The van der Waals surface area contributed by atoms with Gasteiger partial charge in [0.05, 0.1) is 0 Å². The molecule has 0 aliphatic heterocycles. The van der Waals surface area contributed by atoms with Gasteiger partial charge in [-0.2, -0.15) is 0 Å². The van der Waals surface area contributed by atoms with Crippen molar-refractivity contribution < 1.29 is 9.63 Å². The first-order valence-electron chi connectivity index (χ1n) is 4.26. The largest absolute Gasteiger partial charge is 0.445 e. The fourth-order valence-electron chi connectivity index (χ4n) is 0.480. The van der Waals surface area contributed by atoms with Crippen LogP contribution < -0.4 is 0 Å². The molecule has 4 nitrogen and oxygen atoms in total. The first kappa shape index (κ1) is 16.2. The molecule has 0 heterocycles. The van der Waals surface area contributed by atoms with Crippen molar-refractivity contribution in [2.75, 3.05) is 7.05 Å². The molecule has 0 rings (SSSR count). The van der Waals surface area contributed by atoms with Crippen LogP contribution in [0.5, 0.6) is 0 Å². The van der Waals surface area contributed by atoms with Crippen LogP contribution in [0.3, 0.4) is 0 Å². The van der Waals surface area contributed by atoms with E-state index in [1.165, 1.54) is 13.3 Å². The third-order valence-corrected chi connectivity index (χ3v) is 2.32. The highest BCUT2D eigenvalue weighted by molar-refractivity contribution is 8.03. The number of amides is 1. The average molecular weight is 308 g/mol. The topological polar surface area (TPSA) is 41.9 Å². The molecule has 0 aliphatic rings. The van der Waals surface area contributed by atoms with E-state index in [9.17, 15) is 4.79 Å². The number of carbonyl (C=O) groups excluding carboxylic acids is 1. The molecule has 0 saturated heterocycles. The Bertz CT molecular complexity index is 273. The van der Waals surface area contributed by atoms with Gasteiger partial charge in [-0.25, -0.2) is 9.10 Å². The predicted octanol–water partition coefficient (Wildman–Crippen LogP) is 4.06. The third-order valence-electron chi connectivity index (χ3n) is 1.07. The zero-order valence-electron chi connectivity index (χ0n) is 9.33. The number of rotatable bonds is 2. The van der Waals surface area contributed by atoms with Gasteiger partial charge in [0.1, 0.15) is 0 Å². The Labute approximate surface area is 114 Å². The van der Waals surface area contributed by atoms with E-state index in [-0.39, 0.29) is 5.41 Å². The van der Waals surface area contributed by atoms with E-state index < -0.39 is 9.22 Å². The number of oxime groups is 1. The van der Waals surface area contributed by atoms with Crippen LogP contribution in [-0.2, 0) is 4.84 Å². The molecule has 0 atom stereocenters. The van der Waals surface area contributed by atoms with E-state index in [2.05, 4.69) is 9.99 Å². The molecule has 16 heavy (non-hydrogen) atoms. The summed E-state index contributed by atoms with van der Waals surface area (Å²) in [5.74, 6) is 0. The molecular weight excluding hydrogens is 295 g/mol. The van der Waals surface area contributed by atoms with Crippen LogP contribution in [-0.4, -0.2) is 26.8 Å². The first-order chi connectivity index (χ1) is 7.01. The Kier molecular flexibility index (Phi) is 6.25. The Balaban J connectivity index is 4.13. The molecule has 0 bridgehead atoms. The van der Waals surface area contributed by atoms with E-state index in [1.54, 1.807) is 0 Å². The van der Waals surface area contributed by atoms with Gasteiger partial charge in [0.15, 0.2) is 0 Å². The molecule has 94 valence electrons. The standard InChI is InChI=1S/C8H13Cl3N2O2S/c1-7(2,3)5-12-15-6(14)13(4)16-8(9,10)11/h5H,1-4H3. The summed E-state index contributed by atoms with van der Waals surface area (Å²) in [6.07, 6.45) is 0.801. The summed E-state index contributed by atoms with van der Waals surface area (Å²) in [6, 6.07) is 0. The fraction of sp³-hybridized carbons (Fsp3) is 0.750. The van der Waals surface area contributed by atoms with Crippen molar-refractivity contribution in [3.63, 3.8) is 0 Å². The van der Waals surface area contributed by atoms with Crippen LogP contribution in [0.25, 0.3) is 0 Å². The SMILES string of the molecule is CN(SC(Cl)(Cl)Cl)C(=O)ON=CC(C)(C)C. The summed E-state index contributed by atoms with van der Waals surface area (Å²) >= 11 is 17.2. The van der Waals surface area contributed by atoms with Crippen molar-refractivity contribution >= 4 is 59.1 Å². The summed E-state index contributed by atoms with van der Waals surface area (Å²) in [6.45, 7) is 5.76. The highest BCUT2D eigenvalue weighted by atomic mass is 35.6. The number of hydrogen-bond acceptors (Lipinski definition) is 4. The van der Waals surface area contributed by atoms with E-state index in [0.717, 1.165) is 4.31 Å². The number of nitrogens with zero attached hydrogens (tertiary/aromatic N) is 2. The summed E-state index contributed by atoms with van der Waals surface area (Å²) in [4.78, 5) is 15.9. The van der Waals surface area contributed by atoms with Gasteiger partial charge >= 0.3 is 6.09 Å². The van der Waals surface area contributed by atoms with Crippen molar-refractivity contribution in [1.29, 1.82) is 0 Å². The second-order valence-electron chi connectivity index (χ2n) is 3.99. The second kappa shape index (κ2) is 6.19. The van der Waals surface area contributed by atoms with Crippen molar-refractivity contribution in [1.82, 2.24) is 4.31 Å². The Morgan fingerprint density at radius 3 is 2.25 bits per heavy atom. The first-order valence-corrected chi connectivity index (χ1v) is 6.17. The summed E-state index contributed by atoms with van der Waals surface area (Å²) in [5.41, 5.74) is -0.165. The summed E-state index contributed by atoms with van der Waals surface area (Å²) in [7, 11) is 1.42. The van der Waals surface area contributed by atoms with E-state index in [1.807, 2.05) is 20.8 Å². The van der Waals surface area contributed by atoms with Crippen LogP contribution in [0.15, 0.2) is 5.16 Å². The zero-order chi connectivity index (χ0) is 13.0. The van der Waals surface area contributed by atoms with Gasteiger partial charge in [0, 0.05) is 30.6 Å². The Morgan fingerprint density at radius 2 is 1.88 bits per heavy atom. The third kappa shape index (κ3) is 9.39. The van der Waals surface area contributed by atoms with Crippen molar-refractivity contribution in [2.45, 2.75) is 23.9 Å². The molecule has 0 aromatic rings. The summed E-state index contributed by atoms with van der Waals surface area (Å²) < 4.78 is -0.561. The highest BCUT2D eigenvalue weighted by Gasteiger charge is 2.27. The van der Waals surface area contributed by atoms with Crippen molar-refractivity contribution in [3.8, 4) is 0 Å². The van der Waals surface area contributed by atoms with Gasteiger partial charge in [-0.05, 0) is 0 Å². The molecule has 0 aliphatic carbocycles. The number of halogens is 3. The lowest BCUT2D eigenvalue weighted by molar-refractivity contribution is 0.136. The minimum atomic E-state index is -1.61. The maximum Gasteiger partial charge on any atom is 0.445 e. The van der Waals surface area contributed by atoms with Gasteiger partial charge in [-0.3, -0.25) is 4.84 Å². The zero-order valence-corrected chi connectivity index (χ0v) is 12.4. The molecule has 0 aromatic carbocycles. The lowest BCUT2D eigenvalue weighted by atomic mass is 10.00. The van der Waals surface area contributed by atoms with Gasteiger partial charge in [0.25, 0.3) is 3.12 Å². The minimum Gasteiger partial charge on any atom is -0.298 e. The highest BCUT2D eigenvalue weighted by Crippen LogP contribution is 2.40. The maximum absolute atomic E-state index is 11.3. The monoisotopic (exact) mass is 306 g/mol.